The molecule has 2 aliphatic heterocycles. The summed E-state index contributed by atoms with van der Waals surface area (Å²) >= 11 is 0. The molecule has 2 fully saturated rings. The van der Waals surface area contributed by atoms with Crippen LogP contribution in [-0.2, 0) is 4.79 Å². The first kappa shape index (κ1) is 23.2. The SMILES string of the molecule is CN1CCN(C(=O)C[C@H]2CN(C(=O)c3ccc(F)cc3F)CC[C@@H]2Oc2ccccc2)CC1. The zero-order valence-electron chi connectivity index (χ0n) is 18.8. The molecule has 0 spiro atoms. The average Bonchev–Trinajstić information content (AvgIpc) is 2.81. The van der Waals surface area contributed by atoms with Crippen LogP contribution in [0.3, 0.4) is 0 Å². The second-order valence-corrected chi connectivity index (χ2v) is 8.78. The zero-order valence-corrected chi connectivity index (χ0v) is 18.8. The van der Waals surface area contributed by atoms with E-state index in [0.29, 0.717) is 37.9 Å². The monoisotopic (exact) mass is 457 g/mol. The number of likely N-dealkylation sites (tertiary alicyclic amines) is 1. The van der Waals surface area contributed by atoms with Crippen LogP contribution in [0.15, 0.2) is 48.5 Å². The fourth-order valence-corrected chi connectivity index (χ4v) is 4.46. The Hall–Kier alpha value is -3.00. The van der Waals surface area contributed by atoms with Crippen LogP contribution in [0.2, 0.25) is 0 Å². The Labute approximate surface area is 192 Å². The van der Waals surface area contributed by atoms with Crippen molar-refractivity contribution in [2.45, 2.75) is 18.9 Å². The minimum atomic E-state index is -0.882. The molecule has 33 heavy (non-hydrogen) atoms. The maximum Gasteiger partial charge on any atom is 0.256 e. The van der Waals surface area contributed by atoms with E-state index in [1.165, 1.54) is 6.07 Å². The van der Waals surface area contributed by atoms with Gasteiger partial charge >= 0.3 is 0 Å². The van der Waals surface area contributed by atoms with Gasteiger partial charge in [-0.05, 0) is 31.3 Å². The Kier molecular flexibility index (Phi) is 7.23. The summed E-state index contributed by atoms with van der Waals surface area (Å²) in [4.78, 5) is 31.6. The molecule has 0 bridgehead atoms. The van der Waals surface area contributed by atoms with Crippen molar-refractivity contribution >= 4 is 11.8 Å². The Balaban J connectivity index is 1.49. The van der Waals surface area contributed by atoms with Gasteiger partial charge in [-0.15, -0.1) is 0 Å². The number of piperazine rings is 1. The predicted octanol–water partition coefficient (Wildman–Crippen LogP) is 3.04. The molecule has 0 unspecified atom stereocenters. The molecule has 2 saturated heterocycles. The van der Waals surface area contributed by atoms with Crippen LogP contribution in [-0.4, -0.2) is 78.9 Å². The number of piperidine rings is 1. The molecule has 0 aromatic heterocycles. The molecule has 0 aliphatic carbocycles. The number of hydrogen-bond acceptors (Lipinski definition) is 4. The lowest BCUT2D eigenvalue weighted by Gasteiger charge is -2.40. The van der Waals surface area contributed by atoms with E-state index in [1.54, 1.807) is 4.90 Å². The molecule has 4 rings (SSSR count). The smallest absolute Gasteiger partial charge is 0.256 e. The highest BCUT2D eigenvalue weighted by atomic mass is 19.1. The number of amides is 2. The van der Waals surface area contributed by atoms with Gasteiger partial charge in [0.15, 0.2) is 0 Å². The number of rotatable bonds is 5. The molecule has 0 saturated carbocycles. The van der Waals surface area contributed by atoms with E-state index >= 15 is 0 Å². The first-order valence-corrected chi connectivity index (χ1v) is 11.3. The molecule has 0 radical (unpaired) electrons. The third kappa shape index (κ3) is 5.68. The van der Waals surface area contributed by atoms with Gasteiger partial charge in [0.1, 0.15) is 23.5 Å². The Morgan fingerprint density at radius 3 is 2.39 bits per heavy atom. The van der Waals surface area contributed by atoms with Crippen LogP contribution in [0.25, 0.3) is 0 Å². The fraction of sp³-hybridized carbons (Fsp3) is 0.440. The van der Waals surface area contributed by atoms with Gasteiger partial charge in [-0.3, -0.25) is 9.59 Å². The van der Waals surface area contributed by atoms with Crippen LogP contribution >= 0.6 is 0 Å². The van der Waals surface area contributed by atoms with Gasteiger partial charge in [-0.25, -0.2) is 8.78 Å². The maximum atomic E-state index is 14.2. The first-order valence-electron chi connectivity index (χ1n) is 11.3. The number of halogens is 2. The summed E-state index contributed by atoms with van der Waals surface area (Å²) in [6, 6.07) is 12.4. The topological polar surface area (TPSA) is 53.1 Å². The Bertz CT molecular complexity index is 980. The van der Waals surface area contributed by atoms with Gasteiger partial charge < -0.3 is 19.4 Å². The van der Waals surface area contributed by atoms with E-state index in [2.05, 4.69) is 4.90 Å². The van der Waals surface area contributed by atoms with Crippen molar-refractivity contribution in [1.29, 1.82) is 0 Å². The number of ether oxygens (including phenoxy) is 1. The second kappa shape index (κ2) is 10.3. The van der Waals surface area contributed by atoms with Crippen molar-refractivity contribution in [1.82, 2.24) is 14.7 Å². The number of carbonyl (C=O) groups excluding carboxylic acids is 2. The quantitative estimate of drug-likeness (QED) is 0.693. The van der Waals surface area contributed by atoms with Crippen LogP contribution in [0.4, 0.5) is 8.78 Å². The third-order valence-electron chi connectivity index (χ3n) is 6.44. The summed E-state index contributed by atoms with van der Waals surface area (Å²) in [7, 11) is 2.03. The van der Waals surface area contributed by atoms with Crippen molar-refractivity contribution in [2.75, 3.05) is 46.3 Å². The van der Waals surface area contributed by atoms with Crippen molar-refractivity contribution in [3.05, 3.63) is 65.7 Å². The molecule has 2 atom stereocenters. The van der Waals surface area contributed by atoms with Gasteiger partial charge in [0, 0.05) is 64.1 Å². The predicted molar refractivity (Wildman–Crippen MR) is 120 cm³/mol. The van der Waals surface area contributed by atoms with E-state index in [0.717, 1.165) is 19.2 Å². The minimum absolute atomic E-state index is 0.0389. The summed E-state index contributed by atoms with van der Waals surface area (Å²) in [6.07, 6.45) is 0.520. The Morgan fingerprint density at radius 1 is 0.970 bits per heavy atom. The van der Waals surface area contributed by atoms with Gasteiger partial charge in [-0.1, -0.05) is 18.2 Å². The van der Waals surface area contributed by atoms with E-state index in [1.807, 2.05) is 42.3 Å². The lowest BCUT2D eigenvalue weighted by Crippen LogP contribution is -2.51. The van der Waals surface area contributed by atoms with Crippen LogP contribution < -0.4 is 4.74 Å². The molecule has 176 valence electrons. The molecule has 6 nitrogen and oxygen atoms in total. The van der Waals surface area contributed by atoms with E-state index < -0.39 is 17.5 Å². The highest BCUT2D eigenvalue weighted by Gasteiger charge is 2.36. The highest BCUT2D eigenvalue weighted by Crippen LogP contribution is 2.28. The summed E-state index contributed by atoms with van der Waals surface area (Å²) in [5.74, 6) is -1.59. The molecule has 2 heterocycles. The number of para-hydroxylation sites is 1. The summed E-state index contributed by atoms with van der Waals surface area (Å²) < 4.78 is 33.7. The van der Waals surface area contributed by atoms with Crippen LogP contribution in [0.5, 0.6) is 5.75 Å². The average molecular weight is 458 g/mol. The number of nitrogens with zero attached hydrogens (tertiary/aromatic N) is 3. The maximum absolute atomic E-state index is 14.2. The van der Waals surface area contributed by atoms with E-state index in [-0.39, 0.29) is 36.5 Å². The fourth-order valence-electron chi connectivity index (χ4n) is 4.46. The zero-order chi connectivity index (χ0) is 23.4. The number of benzene rings is 2. The van der Waals surface area contributed by atoms with Crippen molar-refractivity contribution in [3.8, 4) is 5.75 Å². The molecule has 2 aromatic carbocycles. The minimum Gasteiger partial charge on any atom is -0.490 e. The molecular weight excluding hydrogens is 428 g/mol. The van der Waals surface area contributed by atoms with Gasteiger partial charge in [-0.2, -0.15) is 0 Å². The molecule has 2 aromatic rings. The third-order valence-corrected chi connectivity index (χ3v) is 6.44. The molecule has 2 aliphatic rings. The van der Waals surface area contributed by atoms with Gasteiger partial charge in [0.25, 0.3) is 5.91 Å². The van der Waals surface area contributed by atoms with E-state index in [4.69, 9.17) is 4.74 Å². The first-order chi connectivity index (χ1) is 15.9. The largest absolute Gasteiger partial charge is 0.490 e. The lowest BCUT2D eigenvalue weighted by atomic mass is 9.90. The van der Waals surface area contributed by atoms with Gasteiger partial charge in [0.2, 0.25) is 5.91 Å². The van der Waals surface area contributed by atoms with Crippen molar-refractivity contribution in [2.24, 2.45) is 5.92 Å². The molecule has 8 heteroatoms. The van der Waals surface area contributed by atoms with E-state index in [9.17, 15) is 18.4 Å². The molecular formula is C25H29F2N3O3. The number of carbonyl (C=O) groups is 2. The Morgan fingerprint density at radius 2 is 1.70 bits per heavy atom. The molecule has 0 N–H and O–H groups in total. The lowest BCUT2D eigenvalue weighted by molar-refractivity contribution is -0.135. The highest BCUT2D eigenvalue weighted by molar-refractivity contribution is 5.94. The summed E-state index contributed by atoms with van der Waals surface area (Å²) in [5.41, 5.74) is -0.164. The number of likely N-dealkylation sites (N-methyl/N-ethyl adjacent to an activating group) is 1. The normalized spacial score (nSPS) is 21.7. The summed E-state index contributed by atoms with van der Waals surface area (Å²) in [6.45, 7) is 3.65. The van der Waals surface area contributed by atoms with Crippen LogP contribution in [0.1, 0.15) is 23.2 Å². The standard InChI is InChI=1S/C25H29F2N3O3/c1-28-11-13-29(14-12-28)24(31)15-18-17-30(25(32)21-8-7-19(26)16-22(21)27)10-9-23(18)33-20-5-3-2-4-6-20/h2-8,16,18,23H,9-15,17H2,1H3/t18-,23-/m0/s1. The second-order valence-electron chi connectivity index (χ2n) is 8.78. The molecule has 2 amide bonds. The summed E-state index contributed by atoms with van der Waals surface area (Å²) in [5, 5.41) is 0. The van der Waals surface area contributed by atoms with Crippen molar-refractivity contribution < 1.29 is 23.1 Å². The number of hydrogen-bond donors (Lipinski definition) is 0. The van der Waals surface area contributed by atoms with Gasteiger partial charge in [0.05, 0.1) is 5.56 Å². The van der Waals surface area contributed by atoms with Crippen molar-refractivity contribution in [3.63, 3.8) is 0 Å². The van der Waals surface area contributed by atoms with Crippen LogP contribution in [0, 0.1) is 17.6 Å².